The van der Waals surface area contributed by atoms with E-state index in [4.69, 9.17) is 11.6 Å². The smallest absolute Gasteiger partial charge is 0.138 e. The van der Waals surface area contributed by atoms with E-state index >= 15 is 0 Å². The Kier molecular flexibility index (Phi) is 6.11. The Hall–Kier alpha value is -1.01. The van der Waals surface area contributed by atoms with Gasteiger partial charge in [-0.1, -0.05) is 60.3 Å². The minimum atomic E-state index is 0.0583. The molecule has 0 aliphatic rings. The van der Waals surface area contributed by atoms with Crippen molar-refractivity contribution >= 4 is 23.1 Å². The van der Waals surface area contributed by atoms with Crippen LogP contribution in [0.3, 0.4) is 0 Å². The lowest BCUT2D eigenvalue weighted by molar-refractivity contribution is 0.0774. The topological polar surface area (TPSA) is 49.2 Å². The van der Waals surface area contributed by atoms with Crippen molar-refractivity contribution in [1.29, 1.82) is 0 Å². The highest BCUT2D eigenvalue weighted by molar-refractivity contribution is 7.10. The van der Waals surface area contributed by atoms with E-state index in [9.17, 15) is 5.11 Å². The second-order valence-electron chi connectivity index (χ2n) is 5.38. The molecule has 1 atom stereocenters. The zero-order chi connectivity index (χ0) is 15.2. The monoisotopic (exact) mass is 325 g/mol. The molecule has 0 radical (unpaired) electrons. The first-order valence-electron chi connectivity index (χ1n) is 6.97. The molecular weight excluding hydrogens is 306 g/mol. The predicted molar refractivity (Wildman–Crippen MR) is 86.3 cm³/mol. The Balaban J connectivity index is 2.19. The quantitative estimate of drug-likeness (QED) is 0.849. The Morgan fingerprint density at radius 1 is 1.24 bits per heavy atom. The van der Waals surface area contributed by atoms with Crippen molar-refractivity contribution in [2.75, 3.05) is 6.61 Å². The van der Waals surface area contributed by atoms with Gasteiger partial charge in [0.05, 0.1) is 6.61 Å². The lowest BCUT2D eigenvalue weighted by Gasteiger charge is -2.32. The van der Waals surface area contributed by atoms with Crippen LogP contribution in [-0.4, -0.2) is 32.2 Å². The maximum Gasteiger partial charge on any atom is 0.138 e. The van der Waals surface area contributed by atoms with Crippen LogP contribution in [0.15, 0.2) is 30.3 Å². The summed E-state index contributed by atoms with van der Waals surface area (Å²) in [5, 5.41) is 13.8. The van der Waals surface area contributed by atoms with E-state index in [1.807, 2.05) is 18.2 Å². The minimum absolute atomic E-state index is 0.0583. The van der Waals surface area contributed by atoms with E-state index in [0.717, 1.165) is 12.2 Å². The molecule has 1 heterocycles. The van der Waals surface area contributed by atoms with Crippen LogP contribution in [0.1, 0.15) is 25.1 Å². The highest BCUT2D eigenvalue weighted by Gasteiger charge is 2.23. The summed E-state index contributed by atoms with van der Waals surface area (Å²) in [6, 6.07) is 10.3. The van der Waals surface area contributed by atoms with Gasteiger partial charge in [-0.05, 0) is 11.5 Å². The SMILES string of the molecule is CC(C)[C@H](CO)N(Cc1ccccc1)Cc1nnsc1Cl. The van der Waals surface area contributed by atoms with E-state index in [2.05, 4.69) is 40.5 Å². The van der Waals surface area contributed by atoms with Crippen molar-refractivity contribution in [3.8, 4) is 0 Å². The third-order valence-corrected chi connectivity index (χ3v) is 4.50. The Bertz CT molecular complexity index is 547. The van der Waals surface area contributed by atoms with Crippen LogP contribution in [-0.2, 0) is 13.1 Å². The summed E-state index contributed by atoms with van der Waals surface area (Å²) in [6.07, 6.45) is 0. The first-order chi connectivity index (χ1) is 10.1. The molecule has 0 aliphatic heterocycles. The number of nitrogens with zero attached hydrogens (tertiary/aromatic N) is 3. The minimum Gasteiger partial charge on any atom is -0.395 e. The number of aromatic nitrogens is 2. The van der Waals surface area contributed by atoms with E-state index in [0.29, 0.717) is 16.8 Å². The molecule has 0 unspecified atom stereocenters. The lowest BCUT2D eigenvalue weighted by Crippen LogP contribution is -2.40. The fourth-order valence-electron chi connectivity index (χ4n) is 2.34. The van der Waals surface area contributed by atoms with Crippen LogP contribution >= 0.6 is 23.1 Å². The van der Waals surface area contributed by atoms with Gasteiger partial charge in [0.25, 0.3) is 0 Å². The molecule has 0 aliphatic carbocycles. The average Bonchev–Trinajstić information content (AvgIpc) is 2.85. The third kappa shape index (κ3) is 4.48. The largest absolute Gasteiger partial charge is 0.395 e. The van der Waals surface area contributed by atoms with E-state index < -0.39 is 0 Å². The lowest BCUT2D eigenvalue weighted by atomic mass is 10.0. The molecule has 21 heavy (non-hydrogen) atoms. The van der Waals surface area contributed by atoms with Crippen LogP contribution in [0.5, 0.6) is 0 Å². The molecule has 0 saturated heterocycles. The van der Waals surface area contributed by atoms with Gasteiger partial charge in [0.1, 0.15) is 10.0 Å². The second-order valence-corrected chi connectivity index (χ2v) is 6.73. The molecule has 1 N–H and O–H groups in total. The van der Waals surface area contributed by atoms with Gasteiger partial charge in [-0.2, -0.15) is 0 Å². The molecule has 2 aromatic rings. The van der Waals surface area contributed by atoms with Gasteiger partial charge in [0.2, 0.25) is 0 Å². The fraction of sp³-hybridized carbons (Fsp3) is 0.467. The molecule has 1 aromatic heterocycles. The van der Waals surface area contributed by atoms with Crippen molar-refractivity contribution in [2.24, 2.45) is 5.92 Å². The number of hydrogen-bond acceptors (Lipinski definition) is 5. The number of rotatable bonds is 7. The molecule has 0 bridgehead atoms. The molecule has 114 valence electrons. The van der Waals surface area contributed by atoms with Gasteiger partial charge < -0.3 is 5.11 Å². The number of halogens is 1. The van der Waals surface area contributed by atoms with Gasteiger partial charge in [0, 0.05) is 30.7 Å². The standard InChI is InChI=1S/C15H20ClN3OS/c1-11(2)14(10-20)19(8-12-6-4-3-5-7-12)9-13-15(16)21-18-17-13/h3-7,11,14,20H,8-10H2,1-2H3/t14-/m0/s1. The van der Waals surface area contributed by atoms with Crippen LogP contribution in [0.2, 0.25) is 4.34 Å². The number of aliphatic hydroxyl groups is 1. The summed E-state index contributed by atoms with van der Waals surface area (Å²) in [7, 11) is 0. The van der Waals surface area contributed by atoms with Crippen LogP contribution in [0, 0.1) is 5.92 Å². The van der Waals surface area contributed by atoms with E-state index in [-0.39, 0.29) is 12.6 Å². The predicted octanol–water partition coefficient (Wildman–Crippen LogP) is 3.21. The van der Waals surface area contributed by atoms with Crippen molar-refractivity contribution in [3.05, 3.63) is 45.9 Å². The molecule has 0 spiro atoms. The summed E-state index contributed by atoms with van der Waals surface area (Å²) in [5.41, 5.74) is 1.98. The molecular formula is C15H20ClN3OS. The Labute approximate surface area is 134 Å². The Morgan fingerprint density at radius 3 is 2.48 bits per heavy atom. The van der Waals surface area contributed by atoms with Crippen molar-refractivity contribution in [1.82, 2.24) is 14.5 Å². The fourth-order valence-corrected chi connectivity index (χ4v) is 2.95. The van der Waals surface area contributed by atoms with Crippen LogP contribution in [0.25, 0.3) is 0 Å². The molecule has 0 amide bonds. The van der Waals surface area contributed by atoms with Crippen molar-refractivity contribution in [2.45, 2.75) is 33.0 Å². The Morgan fingerprint density at radius 2 is 1.95 bits per heavy atom. The normalized spacial score (nSPS) is 13.0. The summed E-state index contributed by atoms with van der Waals surface area (Å²) < 4.78 is 4.50. The second kappa shape index (κ2) is 7.84. The number of benzene rings is 1. The molecule has 1 aromatic carbocycles. The molecule has 0 fully saturated rings. The van der Waals surface area contributed by atoms with Crippen LogP contribution < -0.4 is 0 Å². The van der Waals surface area contributed by atoms with Crippen molar-refractivity contribution < 1.29 is 5.11 Å². The van der Waals surface area contributed by atoms with Crippen LogP contribution in [0.4, 0.5) is 0 Å². The zero-order valence-electron chi connectivity index (χ0n) is 12.2. The maximum atomic E-state index is 9.73. The van der Waals surface area contributed by atoms with Crippen molar-refractivity contribution in [3.63, 3.8) is 0 Å². The highest BCUT2D eigenvalue weighted by Crippen LogP contribution is 2.23. The summed E-state index contributed by atoms with van der Waals surface area (Å²) in [5.74, 6) is 0.337. The summed E-state index contributed by atoms with van der Waals surface area (Å²) >= 11 is 7.31. The maximum absolute atomic E-state index is 9.73. The van der Waals surface area contributed by atoms with E-state index in [1.54, 1.807) is 0 Å². The van der Waals surface area contributed by atoms with E-state index in [1.165, 1.54) is 17.1 Å². The average molecular weight is 326 g/mol. The van der Waals surface area contributed by atoms with Gasteiger partial charge in [-0.15, -0.1) is 5.10 Å². The molecule has 6 heteroatoms. The van der Waals surface area contributed by atoms with Gasteiger partial charge in [-0.25, -0.2) is 0 Å². The summed E-state index contributed by atoms with van der Waals surface area (Å²) in [4.78, 5) is 2.21. The third-order valence-electron chi connectivity index (χ3n) is 3.52. The van der Waals surface area contributed by atoms with Gasteiger partial charge >= 0.3 is 0 Å². The molecule has 4 nitrogen and oxygen atoms in total. The number of hydrogen-bond donors (Lipinski definition) is 1. The highest BCUT2D eigenvalue weighted by atomic mass is 35.5. The van der Waals surface area contributed by atoms with Gasteiger partial charge in [-0.3, -0.25) is 4.90 Å². The number of aliphatic hydroxyl groups excluding tert-OH is 1. The first kappa shape index (κ1) is 16.4. The zero-order valence-corrected chi connectivity index (χ0v) is 13.8. The molecule has 2 rings (SSSR count). The summed E-state index contributed by atoms with van der Waals surface area (Å²) in [6.45, 7) is 5.67. The van der Waals surface area contributed by atoms with Gasteiger partial charge in [0.15, 0.2) is 0 Å². The molecule has 0 saturated carbocycles. The first-order valence-corrected chi connectivity index (χ1v) is 8.12.